The Labute approximate surface area is 97.7 Å². The molecule has 2 amide bonds. The van der Waals surface area contributed by atoms with E-state index in [2.05, 4.69) is 10.4 Å². The third kappa shape index (κ3) is 3.95. The van der Waals surface area contributed by atoms with Crippen LogP contribution in [0.2, 0.25) is 0 Å². The zero-order valence-corrected chi connectivity index (χ0v) is 9.09. The lowest BCUT2D eigenvalue weighted by Gasteiger charge is -2.21. The minimum absolute atomic E-state index is 0.114. The van der Waals surface area contributed by atoms with Gasteiger partial charge in [-0.15, -0.1) is 0 Å². The Morgan fingerprint density at radius 3 is 2.35 bits per heavy atom. The van der Waals surface area contributed by atoms with Gasteiger partial charge in [0, 0.05) is 18.0 Å². The molecule has 0 bridgehead atoms. The van der Waals surface area contributed by atoms with Gasteiger partial charge in [-0.3, -0.25) is 9.59 Å². The minimum Gasteiger partial charge on any atom is -0.368 e. The second kappa shape index (κ2) is 5.66. The van der Waals surface area contributed by atoms with Crippen molar-refractivity contribution in [3.63, 3.8) is 0 Å². The minimum atomic E-state index is -0.565. The van der Waals surface area contributed by atoms with E-state index >= 15 is 0 Å². The van der Waals surface area contributed by atoms with Crippen LogP contribution in [-0.2, 0) is 9.59 Å². The van der Waals surface area contributed by atoms with Gasteiger partial charge in [-0.2, -0.15) is 0 Å². The summed E-state index contributed by atoms with van der Waals surface area (Å²) in [6.45, 7) is -0.228. The summed E-state index contributed by atoms with van der Waals surface area (Å²) < 4.78 is 0. The van der Waals surface area contributed by atoms with E-state index in [0.717, 1.165) is 0 Å². The van der Waals surface area contributed by atoms with Crippen LogP contribution in [0.15, 0.2) is 18.3 Å². The van der Waals surface area contributed by atoms with E-state index in [9.17, 15) is 9.59 Å². The molecular weight excluding hydrogens is 224 g/mol. The lowest BCUT2D eigenvalue weighted by atomic mass is 10.3. The van der Waals surface area contributed by atoms with Gasteiger partial charge in [-0.1, -0.05) is 0 Å². The van der Waals surface area contributed by atoms with Crippen molar-refractivity contribution in [1.82, 2.24) is 4.98 Å². The Morgan fingerprint density at radius 1 is 1.29 bits per heavy atom. The molecule has 7 N–H and O–H groups in total. The number of primary amides is 2. The largest absolute Gasteiger partial charge is 0.368 e. The summed E-state index contributed by atoms with van der Waals surface area (Å²) in [6, 6.07) is 3.19. The third-order valence-electron chi connectivity index (χ3n) is 1.95. The number of nitrogens with two attached hydrogens (primary N) is 3. The standard InChI is InChI=1S/C9H14N6O2/c10-7(16)4-15(5-8(11)17)6-1-2-13-9(3-6)14-12/h1-3H,4-5,12H2,(H2,10,16)(H2,11,17)(H,13,14). The highest BCUT2D eigenvalue weighted by Gasteiger charge is 2.12. The fourth-order valence-electron chi connectivity index (χ4n) is 1.31. The van der Waals surface area contributed by atoms with E-state index in [-0.39, 0.29) is 13.1 Å². The van der Waals surface area contributed by atoms with Gasteiger partial charge >= 0.3 is 0 Å². The van der Waals surface area contributed by atoms with Gasteiger partial charge in [-0.05, 0) is 6.07 Å². The number of hydrogen-bond donors (Lipinski definition) is 4. The highest BCUT2D eigenvalue weighted by Crippen LogP contribution is 2.16. The first kappa shape index (κ1) is 12.7. The van der Waals surface area contributed by atoms with Crippen LogP contribution in [0.5, 0.6) is 0 Å². The number of amides is 2. The SMILES string of the molecule is NNc1cc(N(CC(N)=O)CC(N)=O)ccn1. The van der Waals surface area contributed by atoms with E-state index in [4.69, 9.17) is 17.3 Å². The highest BCUT2D eigenvalue weighted by atomic mass is 16.2. The van der Waals surface area contributed by atoms with Crippen molar-refractivity contribution in [3.05, 3.63) is 18.3 Å². The number of pyridine rings is 1. The molecule has 0 saturated heterocycles. The number of aromatic nitrogens is 1. The first-order valence-electron chi connectivity index (χ1n) is 4.77. The zero-order valence-electron chi connectivity index (χ0n) is 9.09. The molecule has 0 aliphatic carbocycles. The number of rotatable bonds is 6. The van der Waals surface area contributed by atoms with E-state index in [1.165, 1.54) is 11.1 Å². The summed E-state index contributed by atoms with van der Waals surface area (Å²) in [4.78, 5) is 27.1. The Balaban J connectivity index is 2.94. The number of nitrogens with one attached hydrogen (secondary N) is 1. The lowest BCUT2D eigenvalue weighted by Crippen LogP contribution is -2.39. The lowest BCUT2D eigenvalue weighted by molar-refractivity contribution is -0.117. The first-order chi connectivity index (χ1) is 8.02. The summed E-state index contributed by atoms with van der Waals surface area (Å²) in [5.41, 5.74) is 13.1. The van der Waals surface area contributed by atoms with E-state index in [1.807, 2.05) is 0 Å². The summed E-state index contributed by atoms with van der Waals surface area (Å²) in [5, 5.41) is 0. The van der Waals surface area contributed by atoms with Crippen molar-refractivity contribution in [3.8, 4) is 0 Å². The molecule has 0 unspecified atom stereocenters. The van der Waals surface area contributed by atoms with Crippen molar-refractivity contribution in [2.24, 2.45) is 17.3 Å². The van der Waals surface area contributed by atoms with Crippen molar-refractivity contribution in [2.75, 3.05) is 23.4 Å². The van der Waals surface area contributed by atoms with Crippen molar-refractivity contribution < 1.29 is 9.59 Å². The summed E-state index contributed by atoms with van der Waals surface area (Å²) >= 11 is 0. The number of hydrazine groups is 1. The molecule has 1 heterocycles. The number of carbonyl (C=O) groups is 2. The molecule has 0 aliphatic heterocycles. The number of nitrogen functional groups attached to an aromatic ring is 1. The molecule has 0 fully saturated rings. The van der Waals surface area contributed by atoms with Gasteiger partial charge in [0.2, 0.25) is 11.8 Å². The van der Waals surface area contributed by atoms with Crippen LogP contribution in [0.25, 0.3) is 0 Å². The maximum absolute atomic E-state index is 10.9. The predicted octanol–water partition coefficient (Wildman–Crippen LogP) is -1.86. The molecular formula is C9H14N6O2. The van der Waals surface area contributed by atoms with E-state index < -0.39 is 11.8 Å². The van der Waals surface area contributed by atoms with Gasteiger partial charge in [-0.25, -0.2) is 10.8 Å². The summed E-state index contributed by atoms with van der Waals surface area (Å²) in [5.74, 6) is 4.48. The van der Waals surface area contributed by atoms with Gasteiger partial charge < -0.3 is 21.8 Å². The zero-order chi connectivity index (χ0) is 12.8. The van der Waals surface area contributed by atoms with Crippen LogP contribution < -0.4 is 27.6 Å². The van der Waals surface area contributed by atoms with Gasteiger partial charge in [0.15, 0.2) is 0 Å². The average molecular weight is 238 g/mol. The van der Waals surface area contributed by atoms with Crippen LogP contribution in [0.1, 0.15) is 0 Å². The molecule has 0 radical (unpaired) electrons. The number of carbonyl (C=O) groups excluding carboxylic acids is 2. The number of anilines is 2. The first-order valence-corrected chi connectivity index (χ1v) is 4.77. The van der Waals surface area contributed by atoms with Crippen LogP contribution in [0.4, 0.5) is 11.5 Å². The topological polar surface area (TPSA) is 140 Å². The molecule has 92 valence electrons. The van der Waals surface area contributed by atoms with Crippen molar-refractivity contribution in [1.29, 1.82) is 0 Å². The van der Waals surface area contributed by atoms with Crippen LogP contribution in [0, 0.1) is 0 Å². The van der Waals surface area contributed by atoms with Gasteiger partial charge in [0.25, 0.3) is 0 Å². The highest BCUT2D eigenvalue weighted by molar-refractivity contribution is 5.85. The van der Waals surface area contributed by atoms with E-state index in [1.54, 1.807) is 12.1 Å². The average Bonchev–Trinajstić information content (AvgIpc) is 2.27. The van der Waals surface area contributed by atoms with Crippen LogP contribution >= 0.6 is 0 Å². The third-order valence-corrected chi connectivity index (χ3v) is 1.95. The molecule has 0 atom stereocenters. The molecule has 8 nitrogen and oxygen atoms in total. The molecule has 1 aromatic heterocycles. The molecule has 8 heteroatoms. The fraction of sp³-hybridized carbons (Fsp3) is 0.222. The number of nitrogens with zero attached hydrogens (tertiary/aromatic N) is 2. The molecule has 1 rings (SSSR count). The maximum Gasteiger partial charge on any atom is 0.236 e. The number of hydrogen-bond acceptors (Lipinski definition) is 6. The van der Waals surface area contributed by atoms with Crippen molar-refractivity contribution >= 4 is 23.3 Å². The smallest absolute Gasteiger partial charge is 0.236 e. The normalized spacial score (nSPS) is 9.71. The molecule has 0 spiro atoms. The molecule has 1 aromatic rings. The summed E-state index contributed by atoms with van der Waals surface area (Å²) in [7, 11) is 0. The molecule has 17 heavy (non-hydrogen) atoms. The fourth-order valence-corrected chi connectivity index (χ4v) is 1.31. The van der Waals surface area contributed by atoms with Crippen molar-refractivity contribution in [2.45, 2.75) is 0 Å². The predicted molar refractivity (Wildman–Crippen MR) is 62.6 cm³/mol. The van der Waals surface area contributed by atoms with Gasteiger partial charge in [0.1, 0.15) is 5.82 Å². The Bertz CT molecular complexity index is 406. The second-order valence-electron chi connectivity index (χ2n) is 3.33. The molecule has 0 saturated carbocycles. The van der Waals surface area contributed by atoms with E-state index in [0.29, 0.717) is 11.5 Å². The Hall–Kier alpha value is -2.35. The molecule has 0 aromatic carbocycles. The second-order valence-corrected chi connectivity index (χ2v) is 3.33. The van der Waals surface area contributed by atoms with Gasteiger partial charge in [0.05, 0.1) is 13.1 Å². The monoisotopic (exact) mass is 238 g/mol. The Kier molecular flexibility index (Phi) is 4.23. The maximum atomic E-state index is 10.9. The Morgan fingerprint density at radius 2 is 1.88 bits per heavy atom. The summed E-state index contributed by atoms with van der Waals surface area (Å²) in [6.07, 6.45) is 1.49. The van der Waals surface area contributed by atoms with Crippen LogP contribution in [-0.4, -0.2) is 29.9 Å². The quantitative estimate of drug-likeness (QED) is 0.338. The molecule has 0 aliphatic rings. The van der Waals surface area contributed by atoms with Crippen LogP contribution in [0.3, 0.4) is 0 Å².